The van der Waals surface area contributed by atoms with E-state index in [2.05, 4.69) is 4.98 Å². The van der Waals surface area contributed by atoms with Gasteiger partial charge in [0.25, 0.3) is 5.56 Å². The van der Waals surface area contributed by atoms with Crippen LogP contribution < -0.4 is 11.2 Å². The summed E-state index contributed by atoms with van der Waals surface area (Å²) < 4.78 is 6.82. The molecule has 1 aromatic rings. The molecule has 2 aliphatic rings. The first-order valence-corrected chi connectivity index (χ1v) is 8.02. The van der Waals surface area contributed by atoms with Gasteiger partial charge >= 0.3 is 5.69 Å². The van der Waals surface area contributed by atoms with Gasteiger partial charge in [0.2, 0.25) is 0 Å². The molecule has 0 bridgehead atoms. The van der Waals surface area contributed by atoms with E-state index in [1.54, 1.807) is 7.11 Å². The van der Waals surface area contributed by atoms with Crippen molar-refractivity contribution in [3.8, 4) is 0 Å². The molecule has 116 valence electrons. The van der Waals surface area contributed by atoms with Gasteiger partial charge in [0.1, 0.15) is 5.15 Å². The summed E-state index contributed by atoms with van der Waals surface area (Å²) in [5.74, 6) is 0.174. The van der Waals surface area contributed by atoms with Crippen LogP contribution in [0.25, 0.3) is 0 Å². The predicted molar refractivity (Wildman–Crippen MR) is 81.1 cm³/mol. The van der Waals surface area contributed by atoms with E-state index in [-0.39, 0.29) is 22.2 Å². The molecule has 0 atom stereocenters. The number of rotatable bonds is 4. The third-order valence-corrected chi connectivity index (χ3v) is 5.38. The van der Waals surface area contributed by atoms with Gasteiger partial charge in [-0.05, 0) is 38.0 Å². The van der Waals surface area contributed by atoms with E-state index in [1.807, 2.05) is 0 Å². The fraction of sp³-hybridized carbons (Fsp3) is 0.733. The van der Waals surface area contributed by atoms with E-state index < -0.39 is 5.69 Å². The van der Waals surface area contributed by atoms with Gasteiger partial charge < -0.3 is 4.74 Å². The molecule has 0 saturated heterocycles. The molecule has 0 aromatic carbocycles. The first kappa shape index (κ1) is 14.9. The number of nitrogens with zero attached hydrogens (tertiary/aromatic N) is 1. The Kier molecular flexibility index (Phi) is 3.97. The lowest BCUT2D eigenvalue weighted by molar-refractivity contribution is -0.0848. The summed E-state index contributed by atoms with van der Waals surface area (Å²) in [7, 11) is 1.65. The van der Waals surface area contributed by atoms with Crippen LogP contribution in [-0.4, -0.2) is 22.3 Å². The van der Waals surface area contributed by atoms with Gasteiger partial charge in [0.15, 0.2) is 0 Å². The quantitative estimate of drug-likeness (QED) is 0.868. The van der Waals surface area contributed by atoms with Gasteiger partial charge in [-0.25, -0.2) is 4.79 Å². The number of nitrogens with one attached hydrogen (secondary N) is 1. The minimum Gasteiger partial charge on any atom is -0.376 e. The monoisotopic (exact) mass is 312 g/mol. The standard InChI is InChI=1S/C15H21ClN2O3/c1-21-15(7-4-8-15)9-18-13(19)11(10-5-2-3-6-10)12(16)17-14(18)20/h10H,2-9H2,1H3,(H,17,20). The second-order valence-corrected chi connectivity index (χ2v) is 6.65. The van der Waals surface area contributed by atoms with Crippen molar-refractivity contribution in [1.82, 2.24) is 9.55 Å². The van der Waals surface area contributed by atoms with Crippen molar-refractivity contribution in [2.24, 2.45) is 0 Å². The first-order chi connectivity index (χ1) is 10.1. The molecule has 1 heterocycles. The molecule has 5 nitrogen and oxygen atoms in total. The van der Waals surface area contributed by atoms with Crippen molar-refractivity contribution >= 4 is 11.6 Å². The third kappa shape index (κ3) is 2.57. The number of aromatic nitrogens is 2. The van der Waals surface area contributed by atoms with Crippen LogP contribution in [-0.2, 0) is 11.3 Å². The lowest BCUT2D eigenvalue weighted by Gasteiger charge is -2.40. The summed E-state index contributed by atoms with van der Waals surface area (Å²) in [4.78, 5) is 27.5. The number of hydrogen-bond donors (Lipinski definition) is 1. The molecule has 1 N–H and O–H groups in total. The molecule has 6 heteroatoms. The average Bonchev–Trinajstić information content (AvgIpc) is 2.90. The Balaban J connectivity index is 2.02. The molecule has 3 rings (SSSR count). The average molecular weight is 313 g/mol. The number of H-pyrrole nitrogens is 1. The zero-order chi connectivity index (χ0) is 15.0. The minimum atomic E-state index is -0.435. The SMILES string of the molecule is COC1(Cn2c(=O)[nH]c(Cl)c(C3CCCC3)c2=O)CCC1. The van der Waals surface area contributed by atoms with Gasteiger partial charge in [-0.3, -0.25) is 14.3 Å². The van der Waals surface area contributed by atoms with E-state index in [4.69, 9.17) is 16.3 Å². The summed E-state index contributed by atoms with van der Waals surface area (Å²) in [6.45, 7) is 0.314. The highest BCUT2D eigenvalue weighted by molar-refractivity contribution is 6.30. The van der Waals surface area contributed by atoms with E-state index in [1.165, 1.54) is 4.57 Å². The van der Waals surface area contributed by atoms with Crippen LogP contribution in [0.15, 0.2) is 9.59 Å². The predicted octanol–water partition coefficient (Wildman–Crippen LogP) is 2.42. The highest BCUT2D eigenvalue weighted by Gasteiger charge is 2.38. The smallest absolute Gasteiger partial charge is 0.329 e. The maximum Gasteiger partial charge on any atom is 0.329 e. The van der Waals surface area contributed by atoms with Crippen LogP contribution in [0.1, 0.15) is 56.4 Å². The highest BCUT2D eigenvalue weighted by Crippen LogP contribution is 2.37. The number of halogens is 1. The Labute approximate surface area is 128 Å². The van der Waals surface area contributed by atoms with Crippen LogP contribution in [0.4, 0.5) is 0 Å². The van der Waals surface area contributed by atoms with Crippen LogP contribution >= 0.6 is 11.6 Å². The molecule has 1 aromatic heterocycles. The van der Waals surface area contributed by atoms with Crippen LogP contribution in [0, 0.1) is 0 Å². The summed E-state index contributed by atoms with van der Waals surface area (Å²) >= 11 is 6.14. The van der Waals surface area contributed by atoms with E-state index >= 15 is 0 Å². The maximum absolute atomic E-state index is 12.7. The van der Waals surface area contributed by atoms with E-state index in [9.17, 15) is 9.59 Å². The molecule has 21 heavy (non-hydrogen) atoms. The number of aromatic amines is 1. The largest absolute Gasteiger partial charge is 0.376 e. The number of methoxy groups -OCH3 is 1. The number of hydrogen-bond acceptors (Lipinski definition) is 3. The first-order valence-electron chi connectivity index (χ1n) is 7.64. The summed E-state index contributed by atoms with van der Waals surface area (Å²) in [6.07, 6.45) is 7.01. The Morgan fingerprint density at radius 2 is 1.95 bits per heavy atom. The molecular formula is C15H21ClN2O3. The van der Waals surface area contributed by atoms with Crippen LogP contribution in [0.2, 0.25) is 5.15 Å². The van der Waals surface area contributed by atoms with E-state index in [0.717, 1.165) is 44.9 Å². The molecule has 0 unspecified atom stereocenters. The molecule has 0 radical (unpaired) electrons. The maximum atomic E-state index is 12.7. The zero-order valence-electron chi connectivity index (χ0n) is 12.3. The highest BCUT2D eigenvalue weighted by atomic mass is 35.5. The summed E-state index contributed by atoms with van der Waals surface area (Å²) in [6, 6.07) is 0. The van der Waals surface area contributed by atoms with Crippen molar-refractivity contribution in [3.05, 3.63) is 31.6 Å². The molecule has 2 fully saturated rings. The van der Waals surface area contributed by atoms with E-state index in [0.29, 0.717) is 12.1 Å². The van der Waals surface area contributed by atoms with Crippen molar-refractivity contribution in [2.75, 3.05) is 7.11 Å². The third-order valence-electron chi connectivity index (χ3n) is 5.08. The van der Waals surface area contributed by atoms with Gasteiger partial charge in [-0.15, -0.1) is 0 Å². The molecule has 0 amide bonds. The lowest BCUT2D eigenvalue weighted by Crippen LogP contribution is -2.50. The van der Waals surface area contributed by atoms with Gasteiger partial charge in [0, 0.05) is 7.11 Å². The van der Waals surface area contributed by atoms with Gasteiger partial charge in [-0.2, -0.15) is 0 Å². The van der Waals surface area contributed by atoms with Crippen LogP contribution in [0.3, 0.4) is 0 Å². The molecule has 0 spiro atoms. The second kappa shape index (κ2) is 5.61. The van der Waals surface area contributed by atoms with Crippen molar-refractivity contribution < 1.29 is 4.74 Å². The number of ether oxygens (including phenoxy) is 1. The normalized spacial score (nSPS) is 21.4. The Hall–Kier alpha value is -1.07. The zero-order valence-corrected chi connectivity index (χ0v) is 13.0. The molecule has 2 saturated carbocycles. The Morgan fingerprint density at radius 3 is 2.48 bits per heavy atom. The van der Waals surface area contributed by atoms with Crippen molar-refractivity contribution in [2.45, 2.75) is 63.0 Å². The van der Waals surface area contributed by atoms with Gasteiger partial charge in [0.05, 0.1) is 17.7 Å². The second-order valence-electron chi connectivity index (χ2n) is 6.27. The lowest BCUT2D eigenvalue weighted by atomic mass is 9.80. The Bertz CT molecular complexity index is 634. The minimum absolute atomic E-state index is 0.174. The summed E-state index contributed by atoms with van der Waals surface area (Å²) in [5, 5.41) is 0.216. The molecular weight excluding hydrogens is 292 g/mol. The fourth-order valence-corrected chi connectivity index (χ4v) is 3.87. The summed E-state index contributed by atoms with van der Waals surface area (Å²) in [5.41, 5.74) is -0.453. The Morgan fingerprint density at radius 1 is 1.29 bits per heavy atom. The topological polar surface area (TPSA) is 64.1 Å². The fourth-order valence-electron chi connectivity index (χ4n) is 3.56. The molecule has 0 aliphatic heterocycles. The van der Waals surface area contributed by atoms with Crippen molar-refractivity contribution in [3.63, 3.8) is 0 Å². The van der Waals surface area contributed by atoms with Gasteiger partial charge in [-0.1, -0.05) is 24.4 Å². The molecule has 2 aliphatic carbocycles. The van der Waals surface area contributed by atoms with Crippen LogP contribution in [0.5, 0.6) is 0 Å². The van der Waals surface area contributed by atoms with Crippen molar-refractivity contribution in [1.29, 1.82) is 0 Å².